The maximum atomic E-state index is 13.0. The highest BCUT2D eigenvalue weighted by molar-refractivity contribution is 6.31. The molecule has 0 bridgehead atoms. The Hall–Kier alpha value is -1.98. The normalized spacial score (nSPS) is 20.6. The topological polar surface area (TPSA) is 42.4 Å². The van der Waals surface area contributed by atoms with Gasteiger partial charge in [-0.15, -0.1) is 0 Å². The highest BCUT2D eigenvalue weighted by Crippen LogP contribution is 2.38. The lowest BCUT2D eigenvalue weighted by atomic mass is 9.88. The molecule has 0 radical (unpaired) electrons. The van der Waals surface area contributed by atoms with Gasteiger partial charge in [0.05, 0.1) is 6.61 Å². The Morgan fingerprint density at radius 1 is 1.23 bits per heavy atom. The predicted molar refractivity (Wildman–Crippen MR) is 97.4 cm³/mol. The molecular weight excluding hydrogens is 355 g/mol. The summed E-state index contributed by atoms with van der Waals surface area (Å²) in [5, 5.41) is 0.425. The van der Waals surface area contributed by atoms with Crippen LogP contribution in [-0.2, 0) is 0 Å². The third-order valence-corrected chi connectivity index (χ3v) is 5.60. The van der Waals surface area contributed by atoms with Crippen LogP contribution >= 0.6 is 11.6 Å². The number of aromatic nitrogens is 1. The van der Waals surface area contributed by atoms with Crippen LogP contribution < -0.4 is 4.74 Å². The van der Waals surface area contributed by atoms with E-state index in [4.69, 9.17) is 16.3 Å². The molecule has 4 rings (SSSR count). The number of hydrogen-bond donors (Lipinski definition) is 0. The van der Waals surface area contributed by atoms with Crippen molar-refractivity contribution in [1.82, 2.24) is 9.88 Å². The van der Waals surface area contributed by atoms with E-state index < -0.39 is 0 Å². The van der Waals surface area contributed by atoms with Crippen molar-refractivity contribution in [1.29, 1.82) is 0 Å². The molecule has 1 atom stereocenters. The second kappa shape index (κ2) is 7.33. The quantitative estimate of drug-likeness (QED) is 0.600. The first kappa shape index (κ1) is 17.4. The Morgan fingerprint density at radius 3 is 2.69 bits per heavy atom. The van der Waals surface area contributed by atoms with Crippen LogP contribution in [0.25, 0.3) is 0 Å². The molecule has 0 amide bonds. The number of rotatable bonds is 4. The molecule has 0 N–H and O–H groups in total. The van der Waals surface area contributed by atoms with Crippen molar-refractivity contribution in [3.8, 4) is 5.75 Å². The van der Waals surface area contributed by atoms with Crippen LogP contribution in [-0.4, -0.2) is 41.9 Å². The third-order valence-electron chi connectivity index (χ3n) is 5.33. The van der Waals surface area contributed by atoms with Gasteiger partial charge >= 0.3 is 0 Å². The Bertz CT molecular complexity index is 804. The number of benzene rings is 1. The lowest BCUT2D eigenvalue weighted by molar-refractivity contribution is 0.0832. The summed E-state index contributed by atoms with van der Waals surface area (Å²) in [4.78, 5) is 19.0. The van der Waals surface area contributed by atoms with Crippen molar-refractivity contribution in [2.75, 3.05) is 26.2 Å². The number of hydrogen-bond acceptors (Lipinski definition) is 4. The number of halogens is 2. The van der Waals surface area contributed by atoms with Crippen LogP contribution in [0.4, 0.5) is 4.39 Å². The summed E-state index contributed by atoms with van der Waals surface area (Å²) in [5.74, 6) is 0.820. The fraction of sp³-hybridized carbons (Fsp3) is 0.400. The Kier molecular flexibility index (Phi) is 4.92. The number of likely N-dealkylation sites (tertiary alicyclic amines) is 1. The first-order valence-electron chi connectivity index (χ1n) is 8.91. The Labute approximate surface area is 156 Å². The van der Waals surface area contributed by atoms with E-state index in [-0.39, 0.29) is 23.4 Å². The summed E-state index contributed by atoms with van der Waals surface area (Å²) < 4.78 is 18.7. The van der Waals surface area contributed by atoms with Gasteiger partial charge in [-0.05, 0) is 56.3 Å². The van der Waals surface area contributed by atoms with Gasteiger partial charge in [-0.1, -0.05) is 11.6 Å². The number of carbonyl (C=O) groups is 1. The lowest BCUT2D eigenvalue weighted by Gasteiger charge is -2.32. The van der Waals surface area contributed by atoms with Gasteiger partial charge in [0.25, 0.3) is 0 Å². The molecule has 2 aliphatic rings. The third kappa shape index (κ3) is 3.46. The highest BCUT2D eigenvalue weighted by atomic mass is 35.5. The zero-order chi connectivity index (χ0) is 18.1. The smallest absolute Gasteiger partial charge is 0.171 e. The lowest BCUT2D eigenvalue weighted by Crippen LogP contribution is -2.38. The Balaban J connectivity index is 1.34. The molecule has 0 spiro atoms. The predicted octanol–water partition coefficient (Wildman–Crippen LogP) is 3.95. The summed E-state index contributed by atoms with van der Waals surface area (Å²) in [6, 6.07) is 7.83. The molecule has 3 heterocycles. The summed E-state index contributed by atoms with van der Waals surface area (Å²) in [6.45, 7) is 3.27. The zero-order valence-electron chi connectivity index (χ0n) is 14.3. The molecule has 6 heteroatoms. The fourth-order valence-corrected chi connectivity index (χ4v) is 4.08. The maximum Gasteiger partial charge on any atom is 0.171 e. The van der Waals surface area contributed by atoms with Gasteiger partial charge in [-0.25, -0.2) is 9.37 Å². The molecule has 0 saturated carbocycles. The van der Waals surface area contributed by atoms with E-state index in [0.717, 1.165) is 38.0 Å². The minimum absolute atomic E-state index is 0.0162. The van der Waals surface area contributed by atoms with E-state index in [1.165, 1.54) is 12.1 Å². The zero-order valence-corrected chi connectivity index (χ0v) is 15.1. The summed E-state index contributed by atoms with van der Waals surface area (Å²) in [6.07, 6.45) is 3.37. The SMILES string of the molecule is O=C(c1ccc(F)cc1)C1CCN(CC2COc3c2ccnc3Cl)CC1. The standard InChI is InChI=1S/C20H20ClFN2O2/c21-20-19-17(5-8-23-20)15(12-26-19)11-24-9-6-14(7-10-24)18(25)13-1-3-16(22)4-2-13/h1-5,8,14-15H,6-7,9-12H2. The first-order valence-corrected chi connectivity index (χ1v) is 9.29. The van der Waals surface area contributed by atoms with Crippen LogP contribution in [0.2, 0.25) is 5.15 Å². The molecule has 2 aromatic rings. The van der Waals surface area contributed by atoms with Crippen molar-refractivity contribution >= 4 is 17.4 Å². The summed E-state index contributed by atoms with van der Waals surface area (Å²) in [7, 11) is 0. The van der Waals surface area contributed by atoms with E-state index in [2.05, 4.69) is 9.88 Å². The van der Waals surface area contributed by atoms with Crippen LogP contribution in [0.3, 0.4) is 0 Å². The van der Waals surface area contributed by atoms with Gasteiger partial charge in [0.2, 0.25) is 0 Å². The minimum atomic E-state index is -0.314. The average Bonchev–Trinajstić information content (AvgIpc) is 3.07. The number of pyridine rings is 1. The van der Waals surface area contributed by atoms with Crippen LogP contribution in [0.15, 0.2) is 36.5 Å². The second-order valence-electron chi connectivity index (χ2n) is 6.97. The molecule has 136 valence electrons. The van der Waals surface area contributed by atoms with E-state index in [0.29, 0.717) is 23.1 Å². The highest BCUT2D eigenvalue weighted by Gasteiger charge is 2.31. The number of ether oxygens (including phenoxy) is 1. The Morgan fingerprint density at radius 2 is 1.96 bits per heavy atom. The first-order chi connectivity index (χ1) is 12.6. The second-order valence-corrected chi connectivity index (χ2v) is 7.33. The molecule has 0 aliphatic carbocycles. The molecule has 1 unspecified atom stereocenters. The molecule has 1 aromatic heterocycles. The monoisotopic (exact) mass is 374 g/mol. The maximum absolute atomic E-state index is 13.0. The number of carbonyl (C=O) groups excluding carboxylic acids is 1. The van der Waals surface area contributed by atoms with Gasteiger partial charge in [-0.2, -0.15) is 0 Å². The van der Waals surface area contributed by atoms with Crippen molar-refractivity contribution in [2.24, 2.45) is 5.92 Å². The van der Waals surface area contributed by atoms with Gasteiger partial charge in [-0.3, -0.25) is 4.79 Å². The van der Waals surface area contributed by atoms with Gasteiger partial charge in [0.15, 0.2) is 16.7 Å². The van der Waals surface area contributed by atoms with Crippen LogP contribution in [0.1, 0.15) is 34.7 Å². The van der Waals surface area contributed by atoms with Crippen molar-refractivity contribution in [3.05, 3.63) is 58.6 Å². The average molecular weight is 375 g/mol. The minimum Gasteiger partial charge on any atom is -0.489 e. The van der Waals surface area contributed by atoms with E-state index in [1.807, 2.05) is 6.07 Å². The molecule has 26 heavy (non-hydrogen) atoms. The van der Waals surface area contributed by atoms with Crippen molar-refractivity contribution in [2.45, 2.75) is 18.8 Å². The van der Waals surface area contributed by atoms with E-state index in [9.17, 15) is 9.18 Å². The molecule has 2 aliphatic heterocycles. The number of nitrogens with zero attached hydrogens (tertiary/aromatic N) is 2. The number of Topliss-reactive ketones (excluding diaryl/α,β-unsaturated/α-hetero) is 1. The summed E-state index contributed by atoms with van der Waals surface area (Å²) in [5.41, 5.74) is 1.72. The fourth-order valence-electron chi connectivity index (χ4n) is 3.86. The van der Waals surface area contributed by atoms with Crippen molar-refractivity contribution in [3.63, 3.8) is 0 Å². The van der Waals surface area contributed by atoms with Crippen LogP contribution in [0.5, 0.6) is 5.75 Å². The van der Waals surface area contributed by atoms with E-state index in [1.54, 1.807) is 18.3 Å². The number of piperidine rings is 1. The van der Waals surface area contributed by atoms with Crippen molar-refractivity contribution < 1.29 is 13.9 Å². The number of ketones is 1. The molecule has 1 aromatic carbocycles. The molecule has 1 saturated heterocycles. The van der Waals surface area contributed by atoms with Crippen LogP contribution in [0, 0.1) is 11.7 Å². The molecule has 1 fully saturated rings. The largest absolute Gasteiger partial charge is 0.489 e. The van der Waals surface area contributed by atoms with Gasteiger partial charge in [0, 0.05) is 35.7 Å². The van der Waals surface area contributed by atoms with E-state index >= 15 is 0 Å². The number of fused-ring (bicyclic) bond motifs is 1. The molecular formula is C20H20ClFN2O2. The molecule has 4 nitrogen and oxygen atoms in total. The van der Waals surface area contributed by atoms with Gasteiger partial charge in [0.1, 0.15) is 5.82 Å². The summed E-state index contributed by atoms with van der Waals surface area (Å²) >= 11 is 6.09. The van der Waals surface area contributed by atoms with Gasteiger partial charge < -0.3 is 9.64 Å².